The monoisotopic (exact) mass is 252 g/mol. The van der Waals surface area contributed by atoms with Crippen LogP contribution in [0.2, 0.25) is 0 Å². The van der Waals surface area contributed by atoms with Crippen LogP contribution in [0.3, 0.4) is 0 Å². The number of esters is 1. The average molecular weight is 252 g/mol. The molecular formula is C16H28O2. The summed E-state index contributed by atoms with van der Waals surface area (Å²) in [5, 5.41) is 0. The number of ether oxygens (including phenoxy) is 1. The van der Waals surface area contributed by atoms with Crippen molar-refractivity contribution < 1.29 is 9.53 Å². The predicted molar refractivity (Wildman–Crippen MR) is 73.1 cm³/mol. The van der Waals surface area contributed by atoms with E-state index in [-0.39, 0.29) is 17.3 Å². The van der Waals surface area contributed by atoms with E-state index in [2.05, 4.69) is 34.6 Å². The van der Waals surface area contributed by atoms with Crippen LogP contribution >= 0.6 is 0 Å². The molecule has 2 bridgehead atoms. The number of carbonyl (C=O) groups excluding carboxylic acids is 1. The van der Waals surface area contributed by atoms with E-state index in [1.165, 1.54) is 6.42 Å². The maximum Gasteiger partial charge on any atom is 0.309 e. The largest absolute Gasteiger partial charge is 0.465 e. The molecule has 0 aromatic rings. The van der Waals surface area contributed by atoms with Crippen molar-refractivity contribution in [3.63, 3.8) is 0 Å². The molecule has 0 heterocycles. The second-order valence-corrected chi connectivity index (χ2v) is 7.70. The van der Waals surface area contributed by atoms with Gasteiger partial charge < -0.3 is 4.74 Å². The summed E-state index contributed by atoms with van der Waals surface area (Å²) in [6, 6.07) is 0. The molecule has 2 nitrogen and oxygen atoms in total. The lowest BCUT2D eigenvalue weighted by atomic mass is 9.76. The van der Waals surface area contributed by atoms with Crippen molar-refractivity contribution in [2.24, 2.45) is 35.0 Å². The molecule has 0 N–H and O–H groups in total. The number of hydrogen-bond acceptors (Lipinski definition) is 2. The van der Waals surface area contributed by atoms with Crippen LogP contribution in [0.15, 0.2) is 0 Å². The Hall–Kier alpha value is -0.530. The molecular weight excluding hydrogens is 224 g/mol. The van der Waals surface area contributed by atoms with E-state index in [0.29, 0.717) is 18.4 Å². The van der Waals surface area contributed by atoms with Crippen LogP contribution in [-0.4, -0.2) is 12.6 Å². The average Bonchev–Trinajstić information content (AvgIpc) is 2.78. The van der Waals surface area contributed by atoms with Crippen LogP contribution in [0.5, 0.6) is 0 Å². The summed E-state index contributed by atoms with van der Waals surface area (Å²) >= 11 is 0. The molecule has 0 spiro atoms. The Bertz CT molecular complexity index is 314. The first-order chi connectivity index (χ1) is 8.29. The number of rotatable bonds is 3. The highest BCUT2D eigenvalue weighted by Crippen LogP contribution is 2.55. The molecule has 5 atom stereocenters. The third kappa shape index (κ3) is 2.73. The first-order valence-electron chi connectivity index (χ1n) is 7.46. The van der Waals surface area contributed by atoms with Gasteiger partial charge in [-0.2, -0.15) is 0 Å². The van der Waals surface area contributed by atoms with E-state index in [4.69, 9.17) is 4.74 Å². The van der Waals surface area contributed by atoms with E-state index in [9.17, 15) is 4.79 Å². The SMILES string of the molecule is CC1C2CC(C(=O)OCCC(C)(C)C)C(C2)C1C. The Balaban J connectivity index is 1.81. The van der Waals surface area contributed by atoms with Crippen LogP contribution in [-0.2, 0) is 9.53 Å². The molecule has 2 rings (SSSR count). The first kappa shape index (κ1) is 13.9. The highest BCUT2D eigenvalue weighted by atomic mass is 16.5. The van der Waals surface area contributed by atoms with Crippen molar-refractivity contribution in [2.75, 3.05) is 6.61 Å². The van der Waals surface area contributed by atoms with Crippen molar-refractivity contribution in [1.29, 1.82) is 0 Å². The minimum atomic E-state index is 0.0745. The topological polar surface area (TPSA) is 26.3 Å². The Morgan fingerprint density at radius 2 is 1.83 bits per heavy atom. The Morgan fingerprint density at radius 1 is 1.17 bits per heavy atom. The smallest absolute Gasteiger partial charge is 0.309 e. The van der Waals surface area contributed by atoms with Gasteiger partial charge in [-0.15, -0.1) is 0 Å². The minimum absolute atomic E-state index is 0.0745. The van der Waals surface area contributed by atoms with E-state index >= 15 is 0 Å². The molecule has 0 aromatic carbocycles. The first-order valence-corrected chi connectivity index (χ1v) is 7.46. The standard InChI is InChI=1S/C16H28O2/c1-10-11(2)13-8-12(10)9-14(13)15(17)18-7-6-16(3,4)5/h10-14H,6-9H2,1-5H3. The second-order valence-electron chi connectivity index (χ2n) is 7.70. The molecule has 2 heteroatoms. The van der Waals surface area contributed by atoms with Crippen LogP contribution in [0, 0.1) is 35.0 Å². The van der Waals surface area contributed by atoms with Gasteiger partial charge in [0, 0.05) is 0 Å². The fourth-order valence-electron chi connectivity index (χ4n) is 3.78. The quantitative estimate of drug-likeness (QED) is 0.712. The molecule has 0 radical (unpaired) electrons. The van der Waals surface area contributed by atoms with Crippen LogP contribution in [0.4, 0.5) is 0 Å². The van der Waals surface area contributed by atoms with Gasteiger partial charge in [0.2, 0.25) is 0 Å². The Morgan fingerprint density at radius 3 is 2.33 bits per heavy atom. The van der Waals surface area contributed by atoms with Crippen molar-refractivity contribution >= 4 is 5.97 Å². The van der Waals surface area contributed by atoms with Gasteiger partial charge in [-0.25, -0.2) is 0 Å². The number of hydrogen-bond donors (Lipinski definition) is 0. The molecule has 2 aliphatic rings. The highest BCUT2D eigenvalue weighted by molar-refractivity contribution is 5.73. The van der Waals surface area contributed by atoms with Crippen molar-refractivity contribution in [1.82, 2.24) is 0 Å². The van der Waals surface area contributed by atoms with Gasteiger partial charge in [-0.05, 0) is 48.3 Å². The van der Waals surface area contributed by atoms with E-state index in [0.717, 1.165) is 24.7 Å². The van der Waals surface area contributed by atoms with E-state index in [1.807, 2.05) is 0 Å². The van der Waals surface area contributed by atoms with Gasteiger partial charge >= 0.3 is 5.97 Å². The maximum atomic E-state index is 12.2. The summed E-state index contributed by atoms with van der Waals surface area (Å²) in [6.45, 7) is 11.8. The summed E-state index contributed by atoms with van der Waals surface area (Å²) in [7, 11) is 0. The molecule has 0 aliphatic heterocycles. The molecule has 18 heavy (non-hydrogen) atoms. The van der Waals surface area contributed by atoms with Crippen molar-refractivity contribution in [3.8, 4) is 0 Å². The van der Waals surface area contributed by atoms with Crippen LogP contribution in [0.1, 0.15) is 53.9 Å². The van der Waals surface area contributed by atoms with Gasteiger partial charge in [0.25, 0.3) is 0 Å². The zero-order valence-corrected chi connectivity index (χ0v) is 12.5. The molecule has 2 aliphatic carbocycles. The van der Waals surface area contributed by atoms with Gasteiger partial charge in [0.15, 0.2) is 0 Å². The normalized spacial score (nSPS) is 39.1. The van der Waals surface area contributed by atoms with Gasteiger partial charge in [-0.1, -0.05) is 34.6 Å². The summed E-state index contributed by atoms with van der Waals surface area (Å²) in [6.07, 6.45) is 3.28. The number of carbonyl (C=O) groups is 1. The molecule has 0 amide bonds. The molecule has 2 fully saturated rings. The second kappa shape index (κ2) is 4.86. The lowest BCUT2D eigenvalue weighted by Gasteiger charge is -2.30. The fraction of sp³-hybridized carbons (Fsp3) is 0.938. The van der Waals surface area contributed by atoms with Gasteiger partial charge in [0.05, 0.1) is 12.5 Å². The van der Waals surface area contributed by atoms with E-state index < -0.39 is 0 Å². The predicted octanol–water partition coefficient (Wildman–Crippen LogP) is 3.89. The molecule has 0 saturated heterocycles. The maximum absolute atomic E-state index is 12.2. The lowest BCUT2D eigenvalue weighted by Crippen LogP contribution is -2.31. The van der Waals surface area contributed by atoms with Crippen LogP contribution < -0.4 is 0 Å². The fourth-order valence-corrected chi connectivity index (χ4v) is 3.78. The Kier molecular flexibility index (Phi) is 3.75. The minimum Gasteiger partial charge on any atom is -0.465 e. The molecule has 0 aromatic heterocycles. The van der Waals surface area contributed by atoms with Gasteiger partial charge in [0.1, 0.15) is 0 Å². The number of fused-ring (bicyclic) bond motifs is 2. The van der Waals surface area contributed by atoms with Gasteiger partial charge in [-0.3, -0.25) is 4.79 Å². The summed E-state index contributed by atoms with van der Waals surface area (Å²) < 4.78 is 5.50. The molecule has 2 saturated carbocycles. The van der Waals surface area contributed by atoms with Crippen molar-refractivity contribution in [3.05, 3.63) is 0 Å². The summed E-state index contributed by atoms with van der Waals surface area (Å²) in [5.41, 5.74) is 0.247. The Labute approximate surface area is 111 Å². The molecule has 5 unspecified atom stereocenters. The van der Waals surface area contributed by atoms with Crippen LogP contribution in [0.25, 0.3) is 0 Å². The van der Waals surface area contributed by atoms with E-state index in [1.54, 1.807) is 0 Å². The third-order valence-electron chi connectivity index (χ3n) is 5.30. The highest BCUT2D eigenvalue weighted by Gasteiger charge is 2.51. The summed E-state index contributed by atoms with van der Waals surface area (Å²) in [5.74, 6) is 3.13. The lowest BCUT2D eigenvalue weighted by molar-refractivity contribution is -0.152. The zero-order valence-electron chi connectivity index (χ0n) is 12.5. The zero-order chi connectivity index (χ0) is 13.5. The van der Waals surface area contributed by atoms with Crippen molar-refractivity contribution in [2.45, 2.75) is 53.9 Å². The molecule has 104 valence electrons. The third-order valence-corrected chi connectivity index (χ3v) is 5.30. The summed E-state index contributed by atoms with van der Waals surface area (Å²) in [4.78, 5) is 12.2.